The van der Waals surface area contributed by atoms with Gasteiger partial charge in [0.1, 0.15) is 12.0 Å². The summed E-state index contributed by atoms with van der Waals surface area (Å²) >= 11 is 0. The van der Waals surface area contributed by atoms with Gasteiger partial charge in [-0.1, -0.05) is 30.3 Å². The fraction of sp³-hybridized carbons (Fsp3) is 0.308. The lowest BCUT2D eigenvalue weighted by atomic mass is 9.95. The summed E-state index contributed by atoms with van der Waals surface area (Å²) < 4.78 is 10.2. The van der Waals surface area contributed by atoms with E-state index in [2.05, 4.69) is 5.43 Å². The lowest BCUT2D eigenvalue weighted by molar-refractivity contribution is -0.125. The van der Waals surface area contributed by atoms with Crippen LogP contribution >= 0.6 is 0 Å². The Bertz CT molecular complexity index is 431. The molecule has 1 aliphatic rings. The maximum atomic E-state index is 11.7. The second-order valence-corrected chi connectivity index (χ2v) is 4.11. The summed E-state index contributed by atoms with van der Waals surface area (Å²) in [6.07, 6.45) is 2.64. The molecule has 0 aromatic heterocycles. The third-order valence-corrected chi connectivity index (χ3v) is 2.81. The van der Waals surface area contributed by atoms with Crippen molar-refractivity contribution < 1.29 is 14.3 Å². The first-order valence-corrected chi connectivity index (χ1v) is 5.77. The highest BCUT2D eigenvalue weighted by atomic mass is 16.7. The normalized spacial score (nSPS) is 15.3. The van der Waals surface area contributed by atoms with Crippen LogP contribution in [0.5, 0.6) is 0 Å². The Hall–Kier alpha value is -2.01. The summed E-state index contributed by atoms with van der Waals surface area (Å²) in [5, 5.41) is 0. The Morgan fingerprint density at radius 1 is 1.33 bits per heavy atom. The SMILES string of the molecule is NNC(=O)C(CC1=COCO1)Cc1ccccc1. The number of hydrogen-bond donors (Lipinski definition) is 2. The molecule has 0 saturated carbocycles. The maximum Gasteiger partial charge on any atom is 0.237 e. The molecular formula is C13H16N2O3. The molecule has 0 bridgehead atoms. The molecule has 1 atom stereocenters. The number of carbonyl (C=O) groups excluding carboxylic acids is 1. The molecular weight excluding hydrogens is 232 g/mol. The number of benzene rings is 1. The van der Waals surface area contributed by atoms with Crippen molar-refractivity contribution in [3.05, 3.63) is 47.9 Å². The number of allylic oxidation sites excluding steroid dienone is 1. The molecule has 96 valence electrons. The van der Waals surface area contributed by atoms with Crippen molar-refractivity contribution >= 4 is 5.91 Å². The Morgan fingerprint density at radius 2 is 2.11 bits per heavy atom. The minimum atomic E-state index is -0.259. The van der Waals surface area contributed by atoms with Gasteiger partial charge in [0.25, 0.3) is 0 Å². The average Bonchev–Trinajstić information content (AvgIpc) is 2.91. The van der Waals surface area contributed by atoms with E-state index in [1.54, 1.807) is 6.26 Å². The van der Waals surface area contributed by atoms with E-state index >= 15 is 0 Å². The summed E-state index contributed by atoms with van der Waals surface area (Å²) in [4.78, 5) is 11.7. The van der Waals surface area contributed by atoms with Crippen LogP contribution in [0.15, 0.2) is 42.4 Å². The lowest BCUT2D eigenvalue weighted by Gasteiger charge is -2.15. The molecule has 0 spiro atoms. The summed E-state index contributed by atoms with van der Waals surface area (Å²) in [7, 11) is 0. The molecule has 18 heavy (non-hydrogen) atoms. The van der Waals surface area contributed by atoms with Crippen molar-refractivity contribution in [1.82, 2.24) is 5.43 Å². The van der Waals surface area contributed by atoms with Crippen LogP contribution in [-0.4, -0.2) is 12.7 Å². The number of hydrazine groups is 1. The van der Waals surface area contributed by atoms with E-state index in [4.69, 9.17) is 15.3 Å². The van der Waals surface area contributed by atoms with Gasteiger partial charge in [-0.3, -0.25) is 10.2 Å². The van der Waals surface area contributed by atoms with Gasteiger partial charge in [-0.05, 0) is 12.0 Å². The number of nitrogens with two attached hydrogens (primary N) is 1. The summed E-state index contributed by atoms with van der Waals surface area (Å²) in [5.74, 6) is 5.43. The summed E-state index contributed by atoms with van der Waals surface area (Å²) in [6.45, 7) is 0.220. The molecule has 1 aromatic rings. The molecule has 1 unspecified atom stereocenters. The second kappa shape index (κ2) is 6.07. The van der Waals surface area contributed by atoms with Gasteiger partial charge in [0, 0.05) is 6.42 Å². The first-order chi connectivity index (χ1) is 8.79. The predicted molar refractivity (Wildman–Crippen MR) is 65.7 cm³/mol. The zero-order valence-electron chi connectivity index (χ0n) is 9.96. The zero-order chi connectivity index (χ0) is 12.8. The highest BCUT2D eigenvalue weighted by molar-refractivity contribution is 5.78. The molecule has 1 amide bonds. The third-order valence-electron chi connectivity index (χ3n) is 2.81. The van der Waals surface area contributed by atoms with Crippen LogP contribution in [0.1, 0.15) is 12.0 Å². The van der Waals surface area contributed by atoms with Gasteiger partial charge >= 0.3 is 0 Å². The Labute approximate surface area is 106 Å². The van der Waals surface area contributed by atoms with Crippen LogP contribution in [0.2, 0.25) is 0 Å². The highest BCUT2D eigenvalue weighted by Gasteiger charge is 2.22. The lowest BCUT2D eigenvalue weighted by Crippen LogP contribution is -2.37. The van der Waals surface area contributed by atoms with Gasteiger partial charge in [0.05, 0.1) is 5.92 Å². The molecule has 0 fully saturated rings. The van der Waals surface area contributed by atoms with E-state index in [9.17, 15) is 4.79 Å². The van der Waals surface area contributed by atoms with Crippen molar-refractivity contribution in [3.63, 3.8) is 0 Å². The number of amides is 1. The molecule has 1 heterocycles. The summed E-state index contributed by atoms with van der Waals surface area (Å²) in [5.41, 5.74) is 3.29. The Balaban J connectivity index is 2.03. The number of hydrogen-bond acceptors (Lipinski definition) is 4. The van der Waals surface area contributed by atoms with Crippen LogP contribution < -0.4 is 11.3 Å². The molecule has 5 nitrogen and oxygen atoms in total. The van der Waals surface area contributed by atoms with Crippen molar-refractivity contribution in [2.24, 2.45) is 11.8 Å². The predicted octanol–water partition coefficient (Wildman–Crippen LogP) is 1.07. The van der Waals surface area contributed by atoms with Crippen LogP contribution in [0.4, 0.5) is 0 Å². The highest BCUT2D eigenvalue weighted by Crippen LogP contribution is 2.21. The molecule has 1 aliphatic heterocycles. The molecule has 0 radical (unpaired) electrons. The molecule has 0 aliphatic carbocycles. The first kappa shape index (κ1) is 12.4. The minimum Gasteiger partial charge on any atom is -0.462 e. The number of nitrogens with one attached hydrogen (secondary N) is 1. The van der Waals surface area contributed by atoms with Crippen LogP contribution in [-0.2, 0) is 20.7 Å². The van der Waals surface area contributed by atoms with Gasteiger partial charge < -0.3 is 9.47 Å². The van der Waals surface area contributed by atoms with Crippen molar-refractivity contribution in [1.29, 1.82) is 0 Å². The second-order valence-electron chi connectivity index (χ2n) is 4.11. The Morgan fingerprint density at radius 3 is 2.72 bits per heavy atom. The molecule has 5 heteroatoms. The van der Waals surface area contributed by atoms with Crippen molar-refractivity contribution in [3.8, 4) is 0 Å². The van der Waals surface area contributed by atoms with Gasteiger partial charge in [-0.15, -0.1) is 0 Å². The van der Waals surface area contributed by atoms with E-state index in [0.717, 1.165) is 5.56 Å². The Kier molecular flexibility index (Phi) is 4.20. The van der Waals surface area contributed by atoms with Gasteiger partial charge in [-0.25, -0.2) is 5.84 Å². The summed E-state index contributed by atoms with van der Waals surface area (Å²) in [6, 6.07) is 9.80. The van der Waals surface area contributed by atoms with Crippen LogP contribution in [0.25, 0.3) is 0 Å². The molecule has 1 aromatic carbocycles. The smallest absolute Gasteiger partial charge is 0.237 e. The fourth-order valence-corrected chi connectivity index (χ4v) is 1.89. The molecule has 0 saturated heterocycles. The largest absolute Gasteiger partial charge is 0.462 e. The third kappa shape index (κ3) is 3.24. The fourth-order valence-electron chi connectivity index (χ4n) is 1.89. The van der Waals surface area contributed by atoms with E-state index in [0.29, 0.717) is 18.6 Å². The van der Waals surface area contributed by atoms with Gasteiger partial charge in [-0.2, -0.15) is 0 Å². The van der Waals surface area contributed by atoms with E-state index in [-0.39, 0.29) is 18.6 Å². The van der Waals surface area contributed by atoms with Crippen LogP contribution in [0.3, 0.4) is 0 Å². The molecule has 2 rings (SSSR count). The minimum absolute atomic E-state index is 0.199. The topological polar surface area (TPSA) is 73.6 Å². The van der Waals surface area contributed by atoms with Crippen molar-refractivity contribution in [2.45, 2.75) is 12.8 Å². The monoisotopic (exact) mass is 248 g/mol. The average molecular weight is 248 g/mol. The number of carbonyl (C=O) groups is 1. The standard InChI is InChI=1S/C13H16N2O3/c14-15-13(16)11(7-12-8-17-9-18-12)6-10-4-2-1-3-5-10/h1-5,8,11H,6-7,9,14H2,(H,15,16). The van der Waals surface area contributed by atoms with E-state index in [1.807, 2.05) is 30.3 Å². The quantitative estimate of drug-likeness (QED) is 0.464. The van der Waals surface area contributed by atoms with E-state index in [1.165, 1.54) is 0 Å². The number of ether oxygens (including phenoxy) is 2. The maximum absolute atomic E-state index is 11.7. The molecule has 3 N–H and O–H groups in total. The first-order valence-electron chi connectivity index (χ1n) is 5.77. The van der Waals surface area contributed by atoms with Crippen molar-refractivity contribution in [2.75, 3.05) is 6.79 Å². The van der Waals surface area contributed by atoms with Crippen LogP contribution in [0, 0.1) is 5.92 Å². The number of rotatable bonds is 5. The zero-order valence-corrected chi connectivity index (χ0v) is 9.96. The van der Waals surface area contributed by atoms with Gasteiger partial charge in [0.2, 0.25) is 12.7 Å². The van der Waals surface area contributed by atoms with E-state index < -0.39 is 0 Å². The van der Waals surface area contributed by atoms with Gasteiger partial charge in [0.15, 0.2) is 0 Å².